The summed E-state index contributed by atoms with van der Waals surface area (Å²) in [6, 6.07) is 1.14. The van der Waals surface area contributed by atoms with Gasteiger partial charge in [0.05, 0.1) is 0 Å². The van der Waals surface area contributed by atoms with Crippen LogP contribution in [0.1, 0.15) is 37.4 Å². The molecule has 1 saturated heterocycles. The smallest absolute Gasteiger partial charge is 0.320 e. The SMILES string of the molecule is O=C(O)[C@@H]1C[C@H]2C[C@@H](c3cc(O)no3)CC[C@H]2CN1. The molecule has 1 aromatic rings. The van der Waals surface area contributed by atoms with Crippen LogP contribution in [0.4, 0.5) is 0 Å². The number of piperidine rings is 1. The Hall–Kier alpha value is -1.56. The van der Waals surface area contributed by atoms with Gasteiger partial charge in [0.2, 0.25) is 0 Å². The highest BCUT2D eigenvalue weighted by molar-refractivity contribution is 5.73. The molecule has 0 spiro atoms. The molecule has 0 radical (unpaired) electrons. The molecule has 4 atom stereocenters. The third-order valence-corrected chi connectivity index (χ3v) is 4.52. The van der Waals surface area contributed by atoms with Crippen LogP contribution in [0.2, 0.25) is 0 Å². The van der Waals surface area contributed by atoms with E-state index in [0.717, 1.165) is 31.6 Å². The summed E-state index contributed by atoms with van der Waals surface area (Å²) in [5, 5.41) is 24.9. The number of carboxylic acid groups (broad SMARTS) is 1. The number of carboxylic acids is 1. The second kappa shape index (κ2) is 4.85. The maximum atomic E-state index is 11.1. The van der Waals surface area contributed by atoms with Gasteiger partial charge in [-0.3, -0.25) is 4.79 Å². The number of aromatic hydroxyl groups is 1. The summed E-state index contributed by atoms with van der Waals surface area (Å²) in [5.41, 5.74) is 0. The van der Waals surface area contributed by atoms with Crippen molar-refractivity contribution in [2.24, 2.45) is 11.8 Å². The Morgan fingerprint density at radius 3 is 2.89 bits per heavy atom. The van der Waals surface area contributed by atoms with Crippen LogP contribution in [0.3, 0.4) is 0 Å². The van der Waals surface area contributed by atoms with E-state index in [1.54, 1.807) is 6.07 Å². The Kier molecular flexibility index (Phi) is 3.18. The Balaban J connectivity index is 1.69. The summed E-state index contributed by atoms with van der Waals surface area (Å²) >= 11 is 0. The molecule has 2 heterocycles. The van der Waals surface area contributed by atoms with E-state index in [-0.39, 0.29) is 11.8 Å². The lowest BCUT2D eigenvalue weighted by Crippen LogP contribution is -2.49. The fraction of sp³-hybridized carbons (Fsp3) is 0.692. The zero-order valence-corrected chi connectivity index (χ0v) is 10.6. The van der Waals surface area contributed by atoms with Gasteiger partial charge in [0.1, 0.15) is 11.8 Å². The number of rotatable bonds is 2. The van der Waals surface area contributed by atoms with Gasteiger partial charge in [0.25, 0.3) is 5.88 Å². The molecule has 1 aliphatic carbocycles. The average molecular weight is 266 g/mol. The van der Waals surface area contributed by atoms with Crippen LogP contribution in [0.15, 0.2) is 10.6 Å². The second-order valence-corrected chi connectivity index (χ2v) is 5.65. The highest BCUT2D eigenvalue weighted by atomic mass is 16.5. The number of aliphatic carboxylic acids is 1. The Morgan fingerprint density at radius 1 is 1.37 bits per heavy atom. The minimum absolute atomic E-state index is 0.0779. The van der Waals surface area contributed by atoms with Gasteiger partial charge in [0.15, 0.2) is 0 Å². The average Bonchev–Trinajstić information content (AvgIpc) is 2.84. The molecule has 3 N–H and O–H groups in total. The number of hydrogen-bond donors (Lipinski definition) is 3. The predicted molar refractivity (Wildman–Crippen MR) is 65.8 cm³/mol. The number of nitrogens with one attached hydrogen (secondary N) is 1. The number of aromatic nitrogens is 1. The van der Waals surface area contributed by atoms with Gasteiger partial charge in [-0.05, 0) is 49.2 Å². The van der Waals surface area contributed by atoms with Crippen molar-refractivity contribution in [3.8, 4) is 5.88 Å². The Morgan fingerprint density at radius 2 is 2.21 bits per heavy atom. The molecular formula is C13H18N2O4. The van der Waals surface area contributed by atoms with Gasteiger partial charge in [-0.1, -0.05) is 0 Å². The maximum Gasteiger partial charge on any atom is 0.320 e. The van der Waals surface area contributed by atoms with Crippen LogP contribution in [0, 0.1) is 11.8 Å². The van der Waals surface area contributed by atoms with Crippen LogP contribution in [-0.4, -0.2) is 33.9 Å². The molecular weight excluding hydrogens is 248 g/mol. The van der Waals surface area contributed by atoms with Crippen LogP contribution in [0.5, 0.6) is 5.88 Å². The molecule has 1 saturated carbocycles. The van der Waals surface area contributed by atoms with Crippen molar-refractivity contribution in [2.45, 2.75) is 37.6 Å². The molecule has 1 aliphatic heterocycles. The third-order valence-electron chi connectivity index (χ3n) is 4.52. The van der Waals surface area contributed by atoms with Crippen molar-refractivity contribution in [2.75, 3.05) is 6.54 Å². The second-order valence-electron chi connectivity index (χ2n) is 5.65. The van der Waals surface area contributed by atoms with Crippen molar-refractivity contribution < 1.29 is 19.5 Å². The first kappa shape index (κ1) is 12.5. The highest BCUT2D eigenvalue weighted by Crippen LogP contribution is 2.43. The lowest BCUT2D eigenvalue weighted by Gasteiger charge is -2.41. The zero-order chi connectivity index (χ0) is 13.4. The van der Waals surface area contributed by atoms with Crippen LogP contribution < -0.4 is 5.32 Å². The predicted octanol–water partition coefficient (Wildman–Crippen LogP) is 1.33. The van der Waals surface area contributed by atoms with Gasteiger partial charge in [-0.15, -0.1) is 0 Å². The molecule has 19 heavy (non-hydrogen) atoms. The van der Waals surface area contributed by atoms with E-state index in [1.807, 2.05) is 0 Å². The first-order valence-electron chi connectivity index (χ1n) is 6.75. The molecule has 104 valence electrons. The van der Waals surface area contributed by atoms with Crippen molar-refractivity contribution in [1.29, 1.82) is 0 Å². The maximum absolute atomic E-state index is 11.1. The normalized spacial score (nSPS) is 34.7. The monoisotopic (exact) mass is 266 g/mol. The Labute approximate surface area is 110 Å². The Bertz CT molecular complexity index is 473. The van der Waals surface area contributed by atoms with E-state index in [1.165, 1.54) is 0 Å². The molecule has 0 unspecified atom stereocenters. The summed E-state index contributed by atoms with van der Waals surface area (Å²) in [4.78, 5) is 11.1. The van der Waals surface area contributed by atoms with Crippen LogP contribution in [0.25, 0.3) is 0 Å². The molecule has 3 rings (SSSR count). The standard InChI is InChI=1S/C13H18N2O4/c16-12-5-11(19-15-12)7-1-2-8-6-14-10(13(17)18)4-9(8)3-7/h5,7-10,14H,1-4,6H2,(H,15,16)(H,17,18)/t7-,8-,9+,10-/m0/s1. The number of fused-ring (bicyclic) bond motifs is 1. The highest BCUT2D eigenvalue weighted by Gasteiger charge is 2.38. The number of hydrogen-bond acceptors (Lipinski definition) is 5. The van der Waals surface area contributed by atoms with E-state index in [9.17, 15) is 9.90 Å². The third kappa shape index (κ3) is 2.45. The van der Waals surface area contributed by atoms with Gasteiger partial charge >= 0.3 is 5.97 Å². The zero-order valence-electron chi connectivity index (χ0n) is 10.6. The summed E-state index contributed by atoms with van der Waals surface area (Å²) in [5.74, 6) is 1.10. The topological polar surface area (TPSA) is 95.6 Å². The fourth-order valence-electron chi connectivity index (χ4n) is 3.48. The number of carbonyl (C=O) groups is 1. The lowest BCUT2D eigenvalue weighted by atomic mass is 9.69. The van der Waals surface area contributed by atoms with E-state index < -0.39 is 12.0 Å². The largest absolute Gasteiger partial charge is 0.491 e. The van der Waals surface area contributed by atoms with Gasteiger partial charge in [-0.25, -0.2) is 0 Å². The van der Waals surface area contributed by atoms with E-state index in [2.05, 4.69) is 10.5 Å². The first-order valence-corrected chi connectivity index (χ1v) is 6.75. The molecule has 0 aromatic carbocycles. The van der Waals surface area contributed by atoms with E-state index >= 15 is 0 Å². The fourth-order valence-corrected chi connectivity index (χ4v) is 3.48. The molecule has 6 heteroatoms. The van der Waals surface area contributed by atoms with Gasteiger partial charge in [-0.2, -0.15) is 0 Å². The first-order chi connectivity index (χ1) is 9.13. The van der Waals surface area contributed by atoms with E-state index in [0.29, 0.717) is 18.3 Å². The minimum Gasteiger partial charge on any atom is -0.491 e. The molecule has 6 nitrogen and oxygen atoms in total. The summed E-state index contributed by atoms with van der Waals surface area (Å²) in [6.07, 6.45) is 3.67. The molecule has 1 aromatic heterocycles. The summed E-state index contributed by atoms with van der Waals surface area (Å²) < 4.78 is 5.13. The van der Waals surface area contributed by atoms with Gasteiger partial charge < -0.3 is 20.1 Å². The van der Waals surface area contributed by atoms with Crippen molar-refractivity contribution in [1.82, 2.24) is 10.5 Å². The number of nitrogens with zero attached hydrogens (tertiary/aromatic N) is 1. The molecule has 2 aliphatic rings. The van der Waals surface area contributed by atoms with Crippen molar-refractivity contribution in [3.05, 3.63) is 11.8 Å². The summed E-state index contributed by atoms with van der Waals surface area (Å²) in [7, 11) is 0. The summed E-state index contributed by atoms with van der Waals surface area (Å²) in [6.45, 7) is 0.788. The lowest BCUT2D eigenvalue weighted by molar-refractivity contribution is -0.141. The quantitative estimate of drug-likeness (QED) is 0.747. The van der Waals surface area contributed by atoms with Crippen LogP contribution in [-0.2, 0) is 4.79 Å². The van der Waals surface area contributed by atoms with E-state index in [4.69, 9.17) is 9.63 Å². The van der Waals surface area contributed by atoms with Gasteiger partial charge in [0, 0.05) is 12.0 Å². The molecule has 0 amide bonds. The molecule has 0 bridgehead atoms. The minimum atomic E-state index is -0.766. The van der Waals surface area contributed by atoms with Crippen molar-refractivity contribution in [3.63, 3.8) is 0 Å². The van der Waals surface area contributed by atoms with Crippen molar-refractivity contribution >= 4 is 5.97 Å². The molecule has 2 fully saturated rings. The van der Waals surface area contributed by atoms with Crippen LogP contribution >= 0.6 is 0 Å².